The molecule has 0 aliphatic heterocycles. The number of hydrogen-bond donors (Lipinski definition) is 1. The maximum atomic E-state index is 11.2. The van der Waals surface area contributed by atoms with E-state index in [1.54, 1.807) is 19.1 Å². The third-order valence-electron chi connectivity index (χ3n) is 2.46. The fourth-order valence-electron chi connectivity index (χ4n) is 1.73. The van der Waals surface area contributed by atoms with Gasteiger partial charge in [-0.15, -0.1) is 0 Å². The summed E-state index contributed by atoms with van der Waals surface area (Å²) in [6, 6.07) is 5.11. The van der Waals surface area contributed by atoms with Crippen molar-refractivity contribution in [1.29, 1.82) is 0 Å². The molecule has 1 aromatic rings. The van der Waals surface area contributed by atoms with Gasteiger partial charge in [0.05, 0.1) is 19.5 Å². The Labute approximate surface area is 115 Å². The first-order valence-corrected chi connectivity index (χ1v) is 8.13. The van der Waals surface area contributed by atoms with Gasteiger partial charge in [-0.3, -0.25) is 0 Å². The van der Waals surface area contributed by atoms with Crippen molar-refractivity contribution in [3.05, 3.63) is 23.8 Å². The average molecular weight is 287 g/mol. The van der Waals surface area contributed by atoms with E-state index in [9.17, 15) is 8.42 Å². The first kappa shape index (κ1) is 15.8. The van der Waals surface area contributed by atoms with Crippen molar-refractivity contribution in [2.45, 2.75) is 26.8 Å². The van der Waals surface area contributed by atoms with E-state index < -0.39 is 10.0 Å². The normalized spacial score (nSPS) is 13.1. The highest BCUT2D eigenvalue weighted by Crippen LogP contribution is 2.30. The number of nitrogens with one attached hydrogen (secondary N) is 1. The second-order valence-electron chi connectivity index (χ2n) is 4.18. The van der Waals surface area contributed by atoms with Crippen LogP contribution >= 0.6 is 0 Å². The molecular weight excluding hydrogens is 266 g/mol. The first-order valence-electron chi connectivity index (χ1n) is 6.24. The zero-order valence-electron chi connectivity index (χ0n) is 11.8. The molecule has 0 spiro atoms. The Morgan fingerprint density at radius 3 is 2.26 bits per heavy atom. The van der Waals surface area contributed by atoms with E-state index in [0.29, 0.717) is 24.7 Å². The molecule has 0 saturated carbocycles. The highest BCUT2D eigenvalue weighted by atomic mass is 32.2. The van der Waals surface area contributed by atoms with E-state index in [1.807, 2.05) is 19.9 Å². The smallest absolute Gasteiger partial charge is 0.209 e. The SMILES string of the molecule is CCOc1ccc([C@@H](C)NS(C)(=O)=O)cc1OCC. The van der Waals surface area contributed by atoms with Gasteiger partial charge < -0.3 is 9.47 Å². The van der Waals surface area contributed by atoms with Gasteiger partial charge >= 0.3 is 0 Å². The van der Waals surface area contributed by atoms with Gasteiger partial charge in [0.2, 0.25) is 10.0 Å². The monoisotopic (exact) mass is 287 g/mol. The zero-order valence-corrected chi connectivity index (χ0v) is 12.6. The molecule has 0 aromatic heterocycles. The maximum Gasteiger partial charge on any atom is 0.209 e. The molecule has 0 saturated heterocycles. The third-order valence-corrected chi connectivity index (χ3v) is 3.24. The van der Waals surface area contributed by atoms with Crippen molar-refractivity contribution < 1.29 is 17.9 Å². The van der Waals surface area contributed by atoms with Crippen molar-refractivity contribution in [1.82, 2.24) is 4.72 Å². The number of benzene rings is 1. The standard InChI is InChI=1S/C13H21NO4S/c1-5-17-12-8-7-11(9-13(12)18-6-2)10(3)14-19(4,15)16/h7-10,14H,5-6H2,1-4H3/t10-/m1/s1. The molecule has 1 N–H and O–H groups in total. The molecule has 0 radical (unpaired) electrons. The van der Waals surface area contributed by atoms with Crippen LogP contribution in [0.25, 0.3) is 0 Å². The van der Waals surface area contributed by atoms with E-state index in [-0.39, 0.29) is 6.04 Å². The quantitative estimate of drug-likeness (QED) is 0.834. The Bertz CT molecular complexity index is 513. The molecule has 0 aliphatic carbocycles. The summed E-state index contributed by atoms with van der Waals surface area (Å²) >= 11 is 0. The Kier molecular flexibility index (Phi) is 5.62. The minimum atomic E-state index is -3.24. The first-order chi connectivity index (χ1) is 8.87. The van der Waals surface area contributed by atoms with Crippen LogP contribution in [0.4, 0.5) is 0 Å². The molecule has 0 bridgehead atoms. The van der Waals surface area contributed by atoms with E-state index in [1.165, 1.54) is 0 Å². The molecular formula is C13H21NO4S. The largest absolute Gasteiger partial charge is 0.490 e. The summed E-state index contributed by atoms with van der Waals surface area (Å²) in [5, 5.41) is 0. The molecule has 108 valence electrons. The molecule has 5 nitrogen and oxygen atoms in total. The van der Waals surface area contributed by atoms with Crippen LogP contribution < -0.4 is 14.2 Å². The molecule has 19 heavy (non-hydrogen) atoms. The summed E-state index contributed by atoms with van der Waals surface area (Å²) in [5.74, 6) is 1.30. The van der Waals surface area contributed by atoms with Crippen molar-refractivity contribution in [2.75, 3.05) is 19.5 Å². The summed E-state index contributed by atoms with van der Waals surface area (Å²) in [6.45, 7) is 6.65. The molecule has 0 amide bonds. The van der Waals surface area contributed by atoms with E-state index in [2.05, 4.69) is 4.72 Å². The Morgan fingerprint density at radius 1 is 1.16 bits per heavy atom. The predicted molar refractivity (Wildman–Crippen MR) is 75.2 cm³/mol. The van der Waals surface area contributed by atoms with Gasteiger partial charge in [-0.1, -0.05) is 6.07 Å². The van der Waals surface area contributed by atoms with Gasteiger partial charge in [0.1, 0.15) is 0 Å². The lowest BCUT2D eigenvalue weighted by atomic mass is 10.1. The molecule has 1 atom stereocenters. The van der Waals surface area contributed by atoms with Gasteiger partial charge in [-0.2, -0.15) is 0 Å². The van der Waals surface area contributed by atoms with Gasteiger partial charge in [0.15, 0.2) is 11.5 Å². The average Bonchev–Trinajstić information content (AvgIpc) is 2.29. The van der Waals surface area contributed by atoms with Crippen LogP contribution in [-0.4, -0.2) is 27.9 Å². The highest BCUT2D eigenvalue weighted by molar-refractivity contribution is 7.88. The predicted octanol–water partition coefficient (Wildman–Crippen LogP) is 2.09. The Hall–Kier alpha value is -1.27. The molecule has 0 heterocycles. The highest BCUT2D eigenvalue weighted by Gasteiger charge is 2.14. The molecule has 0 aliphatic rings. The second kappa shape index (κ2) is 6.77. The maximum absolute atomic E-state index is 11.2. The van der Waals surface area contributed by atoms with E-state index >= 15 is 0 Å². The lowest BCUT2D eigenvalue weighted by molar-refractivity contribution is 0.287. The van der Waals surface area contributed by atoms with Crippen LogP contribution in [-0.2, 0) is 10.0 Å². The minimum Gasteiger partial charge on any atom is -0.490 e. The summed E-state index contributed by atoms with van der Waals surface area (Å²) in [5.41, 5.74) is 0.831. The van der Waals surface area contributed by atoms with Gasteiger partial charge in [0, 0.05) is 6.04 Å². The minimum absolute atomic E-state index is 0.315. The number of sulfonamides is 1. The van der Waals surface area contributed by atoms with E-state index in [4.69, 9.17) is 9.47 Å². The fourth-order valence-corrected chi connectivity index (χ4v) is 2.50. The molecule has 0 unspecified atom stereocenters. The number of hydrogen-bond acceptors (Lipinski definition) is 4. The van der Waals surface area contributed by atoms with Crippen LogP contribution in [0.3, 0.4) is 0 Å². The second-order valence-corrected chi connectivity index (χ2v) is 5.96. The van der Waals surface area contributed by atoms with Gasteiger partial charge in [-0.05, 0) is 38.5 Å². The van der Waals surface area contributed by atoms with E-state index in [0.717, 1.165) is 11.8 Å². The number of ether oxygens (including phenoxy) is 2. The molecule has 1 aromatic carbocycles. The lowest BCUT2D eigenvalue weighted by Crippen LogP contribution is -2.25. The lowest BCUT2D eigenvalue weighted by Gasteiger charge is -2.16. The Morgan fingerprint density at radius 2 is 1.74 bits per heavy atom. The summed E-state index contributed by atoms with van der Waals surface area (Å²) in [4.78, 5) is 0. The van der Waals surface area contributed by atoms with Crippen molar-refractivity contribution >= 4 is 10.0 Å². The fraction of sp³-hybridized carbons (Fsp3) is 0.538. The van der Waals surface area contributed by atoms with Crippen LogP contribution in [0.2, 0.25) is 0 Å². The molecule has 0 fully saturated rings. The van der Waals surface area contributed by atoms with Crippen LogP contribution in [0.1, 0.15) is 32.4 Å². The van der Waals surface area contributed by atoms with Crippen molar-refractivity contribution in [3.8, 4) is 11.5 Å². The Balaban J connectivity index is 3.00. The molecule has 6 heteroatoms. The third kappa shape index (κ3) is 5.08. The van der Waals surface area contributed by atoms with Crippen LogP contribution in [0, 0.1) is 0 Å². The topological polar surface area (TPSA) is 64.6 Å². The molecule has 1 rings (SSSR count). The van der Waals surface area contributed by atoms with Crippen molar-refractivity contribution in [2.24, 2.45) is 0 Å². The van der Waals surface area contributed by atoms with Gasteiger partial charge in [-0.25, -0.2) is 13.1 Å². The van der Waals surface area contributed by atoms with Crippen LogP contribution in [0.5, 0.6) is 11.5 Å². The summed E-state index contributed by atoms with van der Waals surface area (Å²) in [7, 11) is -3.24. The van der Waals surface area contributed by atoms with Crippen LogP contribution in [0.15, 0.2) is 18.2 Å². The number of rotatable bonds is 7. The zero-order chi connectivity index (χ0) is 14.5. The summed E-state index contributed by atoms with van der Waals surface area (Å²) in [6.07, 6.45) is 1.14. The van der Waals surface area contributed by atoms with Crippen molar-refractivity contribution in [3.63, 3.8) is 0 Å². The van der Waals surface area contributed by atoms with Gasteiger partial charge in [0.25, 0.3) is 0 Å². The summed E-state index contributed by atoms with van der Waals surface area (Å²) < 4.78 is 36.0.